The molecule has 1 fully saturated rings. The molecular weight excluding hydrogens is 254 g/mol. The normalized spacial score (nSPS) is 22.2. The molecule has 2 rings (SSSR count). The number of aryl methyl sites for hydroxylation is 1. The fraction of sp³-hybridized carbons (Fsp3) is 0.500. The number of carboxylic acid groups (broad SMARTS) is 1. The number of hydrogen-bond acceptors (Lipinski definition) is 2. The Hall–Kier alpha value is -1.84. The molecule has 2 N–H and O–H groups in total. The maximum atomic E-state index is 12.1. The highest BCUT2D eigenvalue weighted by Crippen LogP contribution is 2.29. The van der Waals surface area contributed by atoms with Gasteiger partial charge in [-0.05, 0) is 37.3 Å². The average Bonchev–Trinajstić information content (AvgIpc) is 2.46. The van der Waals surface area contributed by atoms with E-state index in [2.05, 4.69) is 5.32 Å². The number of rotatable bonds is 4. The van der Waals surface area contributed by atoms with Crippen LogP contribution in [0.25, 0.3) is 0 Å². The molecule has 20 heavy (non-hydrogen) atoms. The van der Waals surface area contributed by atoms with E-state index >= 15 is 0 Å². The number of carbonyl (C=O) groups is 2. The molecule has 0 aromatic heterocycles. The van der Waals surface area contributed by atoms with Gasteiger partial charge in [0.1, 0.15) is 0 Å². The summed E-state index contributed by atoms with van der Waals surface area (Å²) in [4.78, 5) is 23.2. The Morgan fingerprint density at radius 3 is 2.65 bits per heavy atom. The van der Waals surface area contributed by atoms with E-state index in [0.29, 0.717) is 19.4 Å². The van der Waals surface area contributed by atoms with Gasteiger partial charge in [-0.2, -0.15) is 0 Å². The van der Waals surface area contributed by atoms with Gasteiger partial charge in [-0.25, -0.2) is 0 Å². The topological polar surface area (TPSA) is 66.4 Å². The minimum absolute atomic E-state index is 0.0146. The average molecular weight is 275 g/mol. The van der Waals surface area contributed by atoms with E-state index in [9.17, 15) is 9.59 Å². The Morgan fingerprint density at radius 1 is 1.25 bits per heavy atom. The maximum absolute atomic E-state index is 12.1. The molecule has 4 heteroatoms. The quantitative estimate of drug-likeness (QED) is 0.887. The van der Waals surface area contributed by atoms with Crippen molar-refractivity contribution in [1.82, 2.24) is 5.32 Å². The zero-order valence-corrected chi connectivity index (χ0v) is 11.8. The van der Waals surface area contributed by atoms with Gasteiger partial charge in [0.2, 0.25) is 5.91 Å². The van der Waals surface area contributed by atoms with Gasteiger partial charge < -0.3 is 10.4 Å². The monoisotopic (exact) mass is 275 g/mol. The lowest BCUT2D eigenvalue weighted by Gasteiger charge is -2.25. The van der Waals surface area contributed by atoms with Gasteiger partial charge in [0.25, 0.3) is 0 Å². The fourth-order valence-corrected chi connectivity index (χ4v) is 2.79. The van der Waals surface area contributed by atoms with Crippen LogP contribution in [0.15, 0.2) is 24.3 Å². The number of hydrogen-bond donors (Lipinski definition) is 2. The van der Waals surface area contributed by atoms with Crippen LogP contribution in [0.3, 0.4) is 0 Å². The molecule has 0 bridgehead atoms. The lowest BCUT2D eigenvalue weighted by atomic mass is 9.81. The van der Waals surface area contributed by atoms with E-state index in [0.717, 1.165) is 24.0 Å². The molecule has 0 aliphatic heterocycles. The summed E-state index contributed by atoms with van der Waals surface area (Å²) >= 11 is 0. The van der Waals surface area contributed by atoms with Crippen molar-refractivity contribution < 1.29 is 14.7 Å². The predicted octanol–water partition coefficient (Wildman–Crippen LogP) is 2.50. The van der Waals surface area contributed by atoms with E-state index < -0.39 is 5.97 Å². The molecule has 4 nitrogen and oxygen atoms in total. The van der Waals surface area contributed by atoms with Gasteiger partial charge in [0.15, 0.2) is 0 Å². The molecule has 1 aromatic carbocycles. The first kappa shape index (κ1) is 14.6. The van der Waals surface area contributed by atoms with E-state index in [-0.39, 0.29) is 17.7 Å². The molecular formula is C16H21NO3. The molecule has 2 atom stereocenters. The number of nitrogens with one attached hydrogen (secondary N) is 1. The van der Waals surface area contributed by atoms with Gasteiger partial charge in [-0.15, -0.1) is 0 Å². The van der Waals surface area contributed by atoms with Crippen molar-refractivity contribution >= 4 is 11.9 Å². The molecule has 1 saturated carbocycles. The SMILES string of the molecule is Cc1ccccc1CNC(=O)C1CCCC(C(=O)O)C1. The first-order valence-corrected chi connectivity index (χ1v) is 7.13. The molecule has 0 heterocycles. The van der Waals surface area contributed by atoms with Crippen LogP contribution in [-0.4, -0.2) is 17.0 Å². The third kappa shape index (κ3) is 3.59. The van der Waals surface area contributed by atoms with Gasteiger partial charge >= 0.3 is 5.97 Å². The molecule has 1 aliphatic rings. The Labute approximate surface area is 119 Å². The first-order chi connectivity index (χ1) is 9.58. The lowest BCUT2D eigenvalue weighted by molar-refractivity contribution is -0.144. The van der Waals surface area contributed by atoms with Crippen molar-refractivity contribution in [1.29, 1.82) is 0 Å². The van der Waals surface area contributed by atoms with Crippen LogP contribution in [0, 0.1) is 18.8 Å². The smallest absolute Gasteiger partial charge is 0.306 e. The summed E-state index contributed by atoms with van der Waals surface area (Å²) < 4.78 is 0. The van der Waals surface area contributed by atoms with Crippen LogP contribution in [0.5, 0.6) is 0 Å². The molecule has 1 aromatic rings. The second-order valence-corrected chi connectivity index (χ2v) is 5.54. The molecule has 0 radical (unpaired) electrons. The Kier molecular flexibility index (Phi) is 4.77. The standard InChI is InChI=1S/C16H21NO3/c1-11-5-2-3-6-14(11)10-17-15(18)12-7-4-8-13(9-12)16(19)20/h2-3,5-6,12-13H,4,7-10H2,1H3,(H,17,18)(H,19,20). The van der Waals surface area contributed by atoms with Crippen LogP contribution in [-0.2, 0) is 16.1 Å². The largest absolute Gasteiger partial charge is 0.481 e. The van der Waals surface area contributed by atoms with Crippen molar-refractivity contribution in [2.45, 2.75) is 39.2 Å². The van der Waals surface area contributed by atoms with Gasteiger partial charge in [-0.3, -0.25) is 9.59 Å². The highest BCUT2D eigenvalue weighted by molar-refractivity contribution is 5.80. The van der Waals surface area contributed by atoms with Gasteiger partial charge in [0.05, 0.1) is 5.92 Å². The van der Waals surface area contributed by atoms with E-state index in [1.165, 1.54) is 0 Å². The highest BCUT2D eigenvalue weighted by atomic mass is 16.4. The van der Waals surface area contributed by atoms with E-state index in [4.69, 9.17) is 5.11 Å². The van der Waals surface area contributed by atoms with Crippen LogP contribution in [0.1, 0.15) is 36.8 Å². The molecule has 1 amide bonds. The minimum Gasteiger partial charge on any atom is -0.481 e. The summed E-state index contributed by atoms with van der Waals surface area (Å²) in [6, 6.07) is 7.94. The van der Waals surface area contributed by atoms with Crippen molar-refractivity contribution in [3.8, 4) is 0 Å². The molecule has 0 spiro atoms. The Morgan fingerprint density at radius 2 is 1.95 bits per heavy atom. The van der Waals surface area contributed by atoms with Crippen LogP contribution in [0.4, 0.5) is 0 Å². The van der Waals surface area contributed by atoms with Crippen molar-refractivity contribution in [2.24, 2.45) is 11.8 Å². The van der Waals surface area contributed by atoms with E-state index in [1.54, 1.807) is 0 Å². The van der Waals surface area contributed by atoms with Crippen LogP contribution < -0.4 is 5.32 Å². The zero-order chi connectivity index (χ0) is 14.5. The summed E-state index contributed by atoms with van der Waals surface area (Å²) in [5.41, 5.74) is 2.26. The Balaban J connectivity index is 1.89. The van der Waals surface area contributed by atoms with Crippen molar-refractivity contribution in [3.63, 3.8) is 0 Å². The molecule has 1 aliphatic carbocycles. The van der Waals surface area contributed by atoms with Crippen LogP contribution >= 0.6 is 0 Å². The molecule has 108 valence electrons. The van der Waals surface area contributed by atoms with Gasteiger partial charge in [-0.1, -0.05) is 30.7 Å². The number of benzene rings is 1. The molecule has 0 saturated heterocycles. The summed E-state index contributed by atoms with van der Waals surface area (Å²) in [5, 5.41) is 12.0. The van der Waals surface area contributed by atoms with Crippen LogP contribution in [0.2, 0.25) is 0 Å². The summed E-state index contributed by atoms with van der Waals surface area (Å²) in [5.74, 6) is -1.31. The predicted molar refractivity (Wildman–Crippen MR) is 76.1 cm³/mol. The Bertz CT molecular complexity index is 498. The van der Waals surface area contributed by atoms with Crippen molar-refractivity contribution in [3.05, 3.63) is 35.4 Å². The fourth-order valence-electron chi connectivity index (χ4n) is 2.79. The summed E-state index contributed by atoms with van der Waals surface area (Å²) in [7, 11) is 0. The maximum Gasteiger partial charge on any atom is 0.306 e. The van der Waals surface area contributed by atoms with Crippen molar-refractivity contribution in [2.75, 3.05) is 0 Å². The third-order valence-corrected chi connectivity index (χ3v) is 4.11. The second-order valence-electron chi connectivity index (χ2n) is 5.54. The number of carboxylic acids is 1. The number of carbonyl (C=O) groups excluding carboxylic acids is 1. The molecule has 2 unspecified atom stereocenters. The van der Waals surface area contributed by atoms with Gasteiger partial charge in [0, 0.05) is 12.5 Å². The highest BCUT2D eigenvalue weighted by Gasteiger charge is 2.30. The number of amides is 1. The number of aliphatic carboxylic acids is 1. The van der Waals surface area contributed by atoms with E-state index in [1.807, 2.05) is 31.2 Å². The second kappa shape index (κ2) is 6.55. The lowest BCUT2D eigenvalue weighted by Crippen LogP contribution is -2.35. The zero-order valence-electron chi connectivity index (χ0n) is 11.8. The summed E-state index contributed by atoms with van der Waals surface area (Å²) in [6.07, 6.45) is 2.77. The minimum atomic E-state index is -0.776. The third-order valence-electron chi connectivity index (χ3n) is 4.11. The first-order valence-electron chi connectivity index (χ1n) is 7.13. The summed E-state index contributed by atoms with van der Waals surface area (Å²) in [6.45, 7) is 2.53.